The van der Waals surface area contributed by atoms with Gasteiger partial charge in [0, 0.05) is 28.0 Å². The molecule has 0 aliphatic rings. The van der Waals surface area contributed by atoms with Crippen molar-refractivity contribution in [3.05, 3.63) is 52.4 Å². The summed E-state index contributed by atoms with van der Waals surface area (Å²) >= 11 is 4.89. The molecule has 1 aromatic heterocycles. The molecule has 0 aliphatic heterocycles. The third kappa shape index (κ3) is 1.99. The first-order chi connectivity index (χ1) is 7.58. The fourth-order valence-electron chi connectivity index (χ4n) is 1.33. The van der Waals surface area contributed by atoms with E-state index in [0.29, 0.717) is 16.3 Å². The number of hydrogen-bond donors (Lipinski definition) is 1. The fourth-order valence-corrected chi connectivity index (χ4v) is 1.52. The van der Waals surface area contributed by atoms with Gasteiger partial charge in [-0.05, 0) is 18.2 Å². The van der Waals surface area contributed by atoms with E-state index in [0.717, 1.165) is 6.07 Å². The zero-order valence-corrected chi connectivity index (χ0v) is 8.75. The molecule has 1 aromatic carbocycles. The molecule has 1 N–H and O–H groups in total. The molecular weight excluding hydrogens is 235 g/mol. The standard InChI is InChI=1S/C11H6F3NS/c12-8-5-10(14)9(13)4-7(8)11-3-6(16)1-2-15-11/h1-5H,(H,15,16). The van der Waals surface area contributed by atoms with Crippen LogP contribution < -0.4 is 0 Å². The Kier molecular flexibility index (Phi) is 2.78. The van der Waals surface area contributed by atoms with Crippen molar-refractivity contribution in [2.24, 2.45) is 0 Å². The second kappa shape index (κ2) is 4.09. The van der Waals surface area contributed by atoms with Crippen LogP contribution in [0.25, 0.3) is 11.3 Å². The fraction of sp³-hybridized carbons (Fsp3) is 0. The molecule has 0 saturated heterocycles. The molecular formula is C11H6F3NS. The predicted octanol–water partition coefficient (Wildman–Crippen LogP) is 3.83. The Morgan fingerprint density at radius 2 is 1.62 bits per heavy atom. The van der Waals surface area contributed by atoms with Crippen LogP contribution in [-0.4, -0.2) is 4.98 Å². The number of H-pyrrole nitrogens is 1. The minimum atomic E-state index is -1.21. The van der Waals surface area contributed by atoms with E-state index in [1.807, 2.05) is 0 Å². The molecule has 0 amide bonds. The average Bonchev–Trinajstić information content (AvgIpc) is 2.23. The number of nitrogens with one attached hydrogen (secondary N) is 1. The maximum Gasteiger partial charge on any atom is 0.161 e. The van der Waals surface area contributed by atoms with Gasteiger partial charge >= 0.3 is 0 Å². The summed E-state index contributed by atoms with van der Waals surface area (Å²) in [5.74, 6) is -3.15. The summed E-state index contributed by atoms with van der Waals surface area (Å²) in [6, 6.07) is 4.39. The van der Waals surface area contributed by atoms with Gasteiger partial charge in [-0.2, -0.15) is 0 Å². The number of rotatable bonds is 1. The SMILES string of the molecule is Fc1cc(F)c(-c2cc(=S)cc[nH]2)cc1F. The first-order valence-corrected chi connectivity index (χ1v) is 4.82. The van der Waals surface area contributed by atoms with Gasteiger partial charge in [-0.3, -0.25) is 0 Å². The average molecular weight is 241 g/mol. The number of aromatic nitrogens is 1. The molecule has 16 heavy (non-hydrogen) atoms. The van der Waals surface area contributed by atoms with Crippen molar-refractivity contribution >= 4 is 12.2 Å². The van der Waals surface area contributed by atoms with Gasteiger partial charge in [0.2, 0.25) is 0 Å². The maximum absolute atomic E-state index is 13.4. The highest BCUT2D eigenvalue weighted by Gasteiger charge is 2.11. The van der Waals surface area contributed by atoms with Crippen LogP contribution in [0.5, 0.6) is 0 Å². The molecule has 2 rings (SSSR count). The number of halogens is 3. The lowest BCUT2D eigenvalue weighted by Gasteiger charge is -2.04. The predicted molar refractivity (Wildman–Crippen MR) is 56.9 cm³/mol. The monoisotopic (exact) mass is 241 g/mol. The summed E-state index contributed by atoms with van der Waals surface area (Å²) in [6.45, 7) is 0. The Hall–Kier alpha value is -1.62. The van der Waals surface area contributed by atoms with Gasteiger partial charge in [-0.15, -0.1) is 0 Å². The third-order valence-corrected chi connectivity index (χ3v) is 2.33. The maximum atomic E-state index is 13.4. The van der Waals surface area contributed by atoms with Crippen molar-refractivity contribution in [2.75, 3.05) is 0 Å². The molecule has 0 spiro atoms. The van der Waals surface area contributed by atoms with Gasteiger partial charge < -0.3 is 4.98 Å². The summed E-state index contributed by atoms with van der Waals surface area (Å²) < 4.78 is 39.5. The van der Waals surface area contributed by atoms with E-state index in [4.69, 9.17) is 12.2 Å². The highest BCUT2D eigenvalue weighted by atomic mass is 32.1. The largest absolute Gasteiger partial charge is 0.361 e. The summed E-state index contributed by atoms with van der Waals surface area (Å²) in [7, 11) is 0. The van der Waals surface area contributed by atoms with E-state index < -0.39 is 17.5 Å². The third-order valence-electron chi connectivity index (χ3n) is 2.07. The van der Waals surface area contributed by atoms with Crippen LogP contribution in [0, 0.1) is 22.0 Å². The van der Waals surface area contributed by atoms with Gasteiger partial charge in [0.1, 0.15) is 5.82 Å². The zero-order chi connectivity index (χ0) is 11.7. The van der Waals surface area contributed by atoms with E-state index in [1.54, 1.807) is 6.07 Å². The van der Waals surface area contributed by atoms with Crippen molar-refractivity contribution in [2.45, 2.75) is 0 Å². The minimum Gasteiger partial charge on any atom is -0.361 e. The molecule has 0 radical (unpaired) electrons. The molecule has 5 heteroatoms. The van der Waals surface area contributed by atoms with Gasteiger partial charge in [-0.1, -0.05) is 12.2 Å². The first-order valence-electron chi connectivity index (χ1n) is 4.41. The molecule has 0 aliphatic carbocycles. The van der Waals surface area contributed by atoms with Gasteiger partial charge in [0.25, 0.3) is 0 Å². The Labute approximate surface area is 94.6 Å². The number of aromatic amines is 1. The van der Waals surface area contributed by atoms with Crippen LogP contribution in [-0.2, 0) is 0 Å². The first kappa shape index (κ1) is 10.9. The van der Waals surface area contributed by atoms with Crippen LogP contribution >= 0.6 is 12.2 Å². The molecule has 0 bridgehead atoms. The Morgan fingerprint density at radius 1 is 0.938 bits per heavy atom. The molecule has 82 valence electrons. The van der Waals surface area contributed by atoms with E-state index in [-0.39, 0.29) is 5.56 Å². The highest BCUT2D eigenvalue weighted by Crippen LogP contribution is 2.23. The lowest BCUT2D eigenvalue weighted by atomic mass is 10.1. The van der Waals surface area contributed by atoms with Crippen LogP contribution in [0.1, 0.15) is 0 Å². The number of benzene rings is 1. The van der Waals surface area contributed by atoms with Crippen molar-refractivity contribution in [1.82, 2.24) is 4.98 Å². The summed E-state index contributed by atoms with van der Waals surface area (Å²) in [4.78, 5) is 2.72. The van der Waals surface area contributed by atoms with Crippen molar-refractivity contribution in [3.63, 3.8) is 0 Å². The van der Waals surface area contributed by atoms with Crippen LogP contribution in [0.3, 0.4) is 0 Å². The summed E-state index contributed by atoms with van der Waals surface area (Å²) in [5.41, 5.74) is 0.259. The minimum absolute atomic E-state index is 0.0504. The lowest BCUT2D eigenvalue weighted by molar-refractivity contribution is 0.496. The molecule has 1 nitrogen and oxygen atoms in total. The van der Waals surface area contributed by atoms with Gasteiger partial charge in [-0.25, -0.2) is 13.2 Å². The number of pyridine rings is 1. The van der Waals surface area contributed by atoms with E-state index >= 15 is 0 Å². The van der Waals surface area contributed by atoms with E-state index in [2.05, 4.69) is 4.98 Å². The lowest BCUT2D eigenvalue weighted by Crippen LogP contribution is -1.92. The van der Waals surface area contributed by atoms with Crippen LogP contribution in [0.4, 0.5) is 13.2 Å². The second-order valence-corrected chi connectivity index (χ2v) is 3.66. The topological polar surface area (TPSA) is 15.8 Å². The molecule has 0 saturated carbocycles. The Morgan fingerprint density at radius 3 is 2.31 bits per heavy atom. The smallest absolute Gasteiger partial charge is 0.161 e. The van der Waals surface area contributed by atoms with Crippen molar-refractivity contribution < 1.29 is 13.2 Å². The highest BCUT2D eigenvalue weighted by molar-refractivity contribution is 7.71. The normalized spacial score (nSPS) is 10.4. The summed E-state index contributed by atoms with van der Waals surface area (Å²) in [6.07, 6.45) is 1.51. The molecule has 0 atom stereocenters. The van der Waals surface area contributed by atoms with Crippen LogP contribution in [0.15, 0.2) is 30.5 Å². The molecule has 2 aromatic rings. The molecule has 0 fully saturated rings. The summed E-state index contributed by atoms with van der Waals surface area (Å²) in [5, 5.41) is 0. The quantitative estimate of drug-likeness (QED) is 0.592. The Balaban J connectivity index is 2.65. The van der Waals surface area contributed by atoms with Gasteiger partial charge in [0.05, 0.1) is 0 Å². The molecule has 0 unspecified atom stereocenters. The molecule has 1 heterocycles. The second-order valence-electron chi connectivity index (χ2n) is 3.18. The van der Waals surface area contributed by atoms with Crippen molar-refractivity contribution in [3.8, 4) is 11.3 Å². The number of hydrogen-bond acceptors (Lipinski definition) is 1. The Bertz CT molecular complexity index is 592. The van der Waals surface area contributed by atoms with Gasteiger partial charge in [0.15, 0.2) is 11.6 Å². The van der Waals surface area contributed by atoms with E-state index in [9.17, 15) is 13.2 Å². The zero-order valence-electron chi connectivity index (χ0n) is 7.93. The van der Waals surface area contributed by atoms with Crippen LogP contribution in [0.2, 0.25) is 0 Å². The van der Waals surface area contributed by atoms with Crippen molar-refractivity contribution in [1.29, 1.82) is 0 Å². The van der Waals surface area contributed by atoms with E-state index in [1.165, 1.54) is 12.3 Å².